The molecule has 1 unspecified atom stereocenters. The smallest absolute Gasteiger partial charge is 0.228 e. The van der Waals surface area contributed by atoms with Gasteiger partial charge in [0.25, 0.3) is 0 Å². The van der Waals surface area contributed by atoms with Crippen LogP contribution in [0.2, 0.25) is 0 Å². The highest BCUT2D eigenvalue weighted by Gasteiger charge is 2.42. The van der Waals surface area contributed by atoms with Crippen LogP contribution in [0.25, 0.3) is 10.9 Å². The molecule has 1 N–H and O–H groups in total. The number of pyridine rings is 1. The number of amides is 1. The molecule has 1 aromatic heterocycles. The number of hydrogen-bond donors (Lipinski definition) is 1. The normalized spacial score (nSPS) is 19.1. The van der Waals surface area contributed by atoms with Crippen LogP contribution < -0.4 is 10.2 Å². The van der Waals surface area contributed by atoms with Crippen LogP contribution in [0.5, 0.6) is 0 Å². The number of carbonyl (C=O) groups is 1. The van der Waals surface area contributed by atoms with Gasteiger partial charge in [0.05, 0.1) is 11.2 Å². The second-order valence-electron chi connectivity index (χ2n) is 8.89. The van der Waals surface area contributed by atoms with Crippen LogP contribution in [0.3, 0.4) is 0 Å². The quantitative estimate of drug-likeness (QED) is 0.358. The Labute approximate surface area is 215 Å². The molecular weight excluding hydrogens is 499 g/mol. The van der Waals surface area contributed by atoms with Crippen molar-refractivity contribution in [2.45, 2.75) is 61.3 Å². The van der Waals surface area contributed by atoms with E-state index in [2.05, 4.69) is 10.3 Å². The lowest BCUT2D eigenvalue weighted by molar-refractivity contribution is -0.123. The summed E-state index contributed by atoms with van der Waals surface area (Å²) < 4.78 is -1.73. The number of nitrogens with one attached hydrogen (secondary N) is 1. The zero-order chi connectivity index (χ0) is 23.4. The zero-order valence-electron chi connectivity index (χ0n) is 18.5. The lowest BCUT2D eigenvalue weighted by atomic mass is 9.86. The molecular formula is C24H29Cl3N4OS. The number of hydrogen-bond acceptors (Lipinski definition) is 3. The van der Waals surface area contributed by atoms with Gasteiger partial charge in [-0.1, -0.05) is 85.1 Å². The maximum Gasteiger partial charge on any atom is 0.228 e. The molecule has 5 nitrogen and oxygen atoms in total. The van der Waals surface area contributed by atoms with Crippen molar-refractivity contribution in [2.24, 2.45) is 5.92 Å². The molecule has 2 aliphatic rings. The number of anilines is 1. The van der Waals surface area contributed by atoms with E-state index in [9.17, 15) is 4.79 Å². The topological polar surface area (TPSA) is 48.5 Å². The number of thiocarbonyl (C=S) groups is 1. The number of rotatable bonds is 6. The first-order valence-corrected chi connectivity index (χ1v) is 13.2. The third kappa shape index (κ3) is 6.02. The van der Waals surface area contributed by atoms with Crippen molar-refractivity contribution < 1.29 is 4.79 Å². The molecule has 0 radical (unpaired) electrons. The first kappa shape index (κ1) is 24.8. The Morgan fingerprint density at radius 3 is 2.64 bits per heavy atom. The molecule has 2 fully saturated rings. The van der Waals surface area contributed by atoms with E-state index < -0.39 is 9.96 Å². The van der Waals surface area contributed by atoms with Gasteiger partial charge in [0.15, 0.2) is 11.3 Å². The summed E-state index contributed by atoms with van der Waals surface area (Å²) in [5.41, 5.74) is 1.78. The van der Waals surface area contributed by atoms with E-state index in [1.807, 2.05) is 40.1 Å². The maximum atomic E-state index is 12.8. The second kappa shape index (κ2) is 10.9. The summed E-state index contributed by atoms with van der Waals surface area (Å²) in [6, 6.07) is 9.94. The van der Waals surface area contributed by atoms with Crippen LogP contribution >= 0.6 is 47.0 Å². The summed E-state index contributed by atoms with van der Waals surface area (Å²) in [6.45, 7) is 1.32. The Morgan fingerprint density at radius 2 is 1.88 bits per heavy atom. The van der Waals surface area contributed by atoms with Crippen LogP contribution in [-0.4, -0.2) is 44.0 Å². The van der Waals surface area contributed by atoms with Crippen LogP contribution in [0, 0.1) is 5.92 Å². The van der Waals surface area contributed by atoms with E-state index in [0.717, 1.165) is 36.0 Å². The third-order valence-corrected chi connectivity index (χ3v) is 7.66. The molecule has 178 valence electrons. The summed E-state index contributed by atoms with van der Waals surface area (Å²) in [7, 11) is 0. The van der Waals surface area contributed by atoms with Crippen molar-refractivity contribution in [3.05, 3.63) is 36.5 Å². The third-order valence-electron chi connectivity index (χ3n) is 6.58. The fourth-order valence-electron chi connectivity index (χ4n) is 4.89. The molecule has 2 heterocycles. The summed E-state index contributed by atoms with van der Waals surface area (Å²) in [5, 5.41) is 4.52. The first-order valence-electron chi connectivity index (χ1n) is 11.6. The minimum absolute atomic E-state index is 0.108. The van der Waals surface area contributed by atoms with Gasteiger partial charge in [-0.25, -0.2) is 0 Å². The highest BCUT2D eigenvalue weighted by Crippen LogP contribution is 2.36. The Kier molecular flexibility index (Phi) is 8.21. The average Bonchev–Trinajstić information content (AvgIpc) is 2.81. The molecule has 1 saturated carbocycles. The number of aromatic nitrogens is 1. The molecule has 1 amide bonds. The van der Waals surface area contributed by atoms with Gasteiger partial charge in [-0.2, -0.15) is 0 Å². The lowest BCUT2D eigenvalue weighted by Gasteiger charge is -2.44. The van der Waals surface area contributed by atoms with E-state index in [-0.39, 0.29) is 5.91 Å². The van der Waals surface area contributed by atoms with Crippen molar-refractivity contribution in [1.29, 1.82) is 0 Å². The molecule has 1 saturated heterocycles. The van der Waals surface area contributed by atoms with Crippen molar-refractivity contribution in [3.63, 3.8) is 0 Å². The van der Waals surface area contributed by atoms with Crippen molar-refractivity contribution in [3.8, 4) is 0 Å². The lowest BCUT2D eigenvalue weighted by Crippen LogP contribution is -2.62. The van der Waals surface area contributed by atoms with Gasteiger partial charge >= 0.3 is 0 Å². The molecule has 1 aliphatic carbocycles. The Balaban J connectivity index is 1.50. The summed E-state index contributed by atoms with van der Waals surface area (Å²) in [6.07, 6.45) is 9.24. The van der Waals surface area contributed by atoms with E-state index in [4.69, 9.17) is 47.0 Å². The fraction of sp³-hybridized carbons (Fsp3) is 0.542. The standard InChI is InChI=1S/C24H29Cl3N4OS/c25-24(26,27)22(29-20(32)13-12-17-7-2-1-3-8-17)31-16-6-15-30(23(31)33)19-11-4-9-18-10-5-14-28-21(18)19/h4-5,9-11,14,17,22H,1-3,6-8,12-13,15-16H2,(H,29,32). The zero-order valence-corrected chi connectivity index (χ0v) is 21.6. The molecule has 2 aromatic rings. The molecule has 9 heteroatoms. The van der Waals surface area contributed by atoms with Gasteiger partial charge in [0.1, 0.15) is 0 Å². The van der Waals surface area contributed by atoms with Gasteiger partial charge < -0.3 is 15.1 Å². The summed E-state index contributed by atoms with van der Waals surface area (Å²) in [5.74, 6) is 0.504. The first-order chi connectivity index (χ1) is 15.8. The van der Waals surface area contributed by atoms with Gasteiger partial charge in [-0.3, -0.25) is 9.78 Å². The number of benzene rings is 1. The molecule has 1 aromatic carbocycles. The number of fused-ring (bicyclic) bond motifs is 1. The van der Waals surface area contributed by atoms with Crippen molar-refractivity contribution in [2.75, 3.05) is 18.0 Å². The van der Waals surface area contributed by atoms with Gasteiger partial charge in [0.2, 0.25) is 9.70 Å². The van der Waals surface area contributed by atoms with Crippen LogP contribution in [0.1, 0.15) is 51.4 Å². The van der Waals surface area contributed by atoms with Gasteiger partial charge in [-0.15, -0.1) is 0 Å². The predicted octanol–water partition coefficient (Wildman–Crippen LogP) is 6.20. The number of carbonyl (C=O) groups excluding carboxylic acids is 1. The maximum absolute atomic E-state index is 12.8. The summed E-state index contributed by atoms with van der Waals surface area (Å²) in [4.78, 5) is 21.2. The molecule has 1 aliphatic heterocycles. The molecule has 1 atom stereocenters. The van der Waals surface area contributed by atoms with E-state index >= 15 is 0 Å². The Morgan fingerprint density at radius 1 is 1.12 bits per heavy atom. The predicted molar refractivity (Wildman–Crippen MR) is 141 cm³/mol. The minimum Gasteiger partial charge on any atom is -0.332 e. The number of halogens is 3. The Hall–Kier alpha value is -1.34. The second-order valence-corrected chi connectivity index (χ2v) is 11.6. The van der Waals surface area contributed by atoms with Gasteiger partial charge in [0, 0.05) is 31.1 Å². The fourth-order valence-corrected chi connectivity index (χ4v) is 5.79. The number of para-hydroxylation sites is 1. The van der Waals surface area contributed by atoms with E-state index in [1.54, 1.807) is 6.20 Å². The molecule has 33 heavy (non-hydrogen) atoms. The van der Waals surface area contributed by atoms with E-state index in [1.165, 1.54) is 32.1 Å². The van der Waals surface area contributed by atoms with Crippen LogP contribution in [0.15, 0.2) is 36.5 Å². The van der Waals surface area contributed by atoms with Crippen LogP contribution in [0.4, 0.5) is 5.69 Å². The average molecular weight is 528 g/mol. The van der Waals surface area contributed by atoms with Crippen molar-refractivity contribution >= 4 is 74.6 Å². The molecule has 4 rings (SSSR count). The van der Waals surface area contributed by atoms with Gasteiger partial charge in [-0.05, 0) is 43.1 Å². The SMILES string of the molecule is O=C(CCC1CCCCC1)NC(N1CCCN(c2cccc3cccnc23)C1=S)C(Cl)(Cl)Cl. The largest absolute Gasteiger partial charge is 0.332 e. The number of alkyl halides is 3. The molecule has 0 spiro atoms. The highest BCUT2D eigenvalue weighted by molar-refractivity contribution is 7.80. The summed E-state index contributed by atoms with van der Waals surface area (Å²) >= 11 is 24.9. The molecule has 0 bridgehead atoms. The number of nitrogens with zero attached hydrogens (tertiary/aromatic N) is 3. The van der Waals surface area contributed by atoms with E-state index in [0.29, 0.717) is 24.0 Å². The highest BCUT2D eigenvalue weighted by atomic mass is 35.6. The monoisotopic (exact) mass is 526 g/mol. The van der Waals surface area contributed by atoms with Crippen LogP contribution in [-0.2, 0) is 4.79 Å². The Bertz CT molecular complexity index is 988. The minimum atomic E-state index is -1.73. The van der Waals surface area contributed by atoms with Crippen molar-refractivity contribution in [1.82, 2.24) is 15.2 Å².